The van der Waals surface area contributed by atoms with Gasteiger partial charge in [-0.3, -0.25) is 4.79 Å². The molecule has 0 unspecified atom stereocenters. The number of methoxy groups -OCH3 is 1. The zero-order valence-corrected chi connectivity index (χ0v) is 15.6. The average molecular weight is 353 g/mol. The molecule has 0 aliphatic carbocycles. The molecule has 1 saturated heterocycles. The van der Waals surface area contributed by atoms with E-state index in [0.29, 0.717) is 6.42 Å². The van der Waals surface area contributed by atoms with Gasteiger partial charge in [0.05, 0.1) is 7.11 Å². The Bertz CT molecular complexity index is 705. The maximum absolute atomic E-state index is 11.7. The Kier molecular flexibility index (Phi) is 6.00. The molecule has 5 nitrogen and oxygen atoms in total. The van der Waals surface area contributed by atoms with Crippen LogP contribution in [0, 0.1) is 0 Å². The zero-order valence-electron chi connectivity index (χ0n) is 15.6. The van der Waals surface area contributed by atoms with Gasteiger partial charge in [-0.05, 0) is 55.0 Å². The fourth-order valence-electron chi connectivity index (χ4n) is 3.22. The number of amides is 1. The molecule has 26 heavy (non-hydrogen) atoms. The molecule has 2 aromatic carbocycles. The SMILES string of the molecule is CCCC(=O)Nc1ccc(N2CCN(c3ccc(OC)cc3)CC2)cc1. The number of hydrogen-bond acceptors (Lipinski definition) is 4. The van der Waals surface area contributed by atoms with Crippen LogP contribution in [0.25, 0.3) is 0 Å². The highest BCUT2D eigenvalue weighted by atomic mass is 16.5. The molecule has 0 aromatic heterocycles. The summed E-state index contributed by atoms with van der Waals surface area (Å²) in [4.78, 5) is 16.5. The molecule has 1 heterocycles. The summed E-state index contributed by atoms with van der Waals surface area (Å²) in [5.41, 5.74) is 3.30. The summed E-state index contributed by atoms with van der Waals surface area (Å²) in [6.45, 7) is 5.94. The third-order valence-corrected chi connectivity index (χ3v) is 4.71. The Morgan fingerprint density at radius 2 is 1.42 bits per heavy atom. The van der Waals surface area contributed by atoms with E-state index in [1.165, 1.54) is 11.4 Å². The van der Waals surface area contributed by atoms with E-state index in [1.807, 2.05) is 31.2 Å². The number of rotatable bonds is 6. The summed E-state index contributed by atoms with van der Waals surface area (Å²) in [6, 6.07) is 16.4. The van der Waals surface area contributed by atoms with Crippen LogP contribution < -0.4 is 19.9 Å². The van der Waals surface area contributed by atoms with E-state index in [2.05, 4.69) is 39.4 Å². The van der Waals surface area contributed by atoms with Crippen molar-refractivity contribution in [1.82, 2.24) is 0 Å². The van der Waals surface area contributed by atoms with Crippen LogP contribution in [0.4, 0.5) is 17.1 Å². The van der Waals surface area contributed by atoms with Gasteiger partial charge in [-0.2, -0.15) is 0 Å². The van der Waals surface area contributed by atoms with Crippen LogP contribution in [0.1, 0.15) is 19.8 Å². The maximum atomic E-state index is 11.7. The van der Waals surface area contributed by atoms with E-state index in [1.54, 1.807) is 7.11 Å². The Balaban J connectivity index is 1.54. The molecule has 0 saturated carbocycles. The first-order valence-electron chi connectivity index (χ1n) is 9.23. The van der Waals surface area contributed by atoms with Crippen LogP contribution in [0.2, 0.25) is 0 Å². The highest BCUT2D eigenvalue weighted by molar-refractivity contribution is 5.90. The van der Waals surface area contributed by atoms with Crippen molar-refractivity contribution in [3.8, 4) is 5.75 Å². The molecule has 1 fully saturated rings. The number of hydrogen-bond donors (Lipinski definition) is 1. The van der Waals surface area contributed by atoms with E-state index in [4.69, 9.17) is 4.74 Å². The monoisotopic (exact) mass is 353 g/mol. The van der Waals surface area contributed by atoms with Gasteiger partial charge in [0.2, 0.25) is 5.91 Å². The average Bonchev–Trinajstić information content (AvgIpc) is 2.69. The van der Waals surface area contributed by atoms with E-state index >= 15 is 0 Å². The first-order chi connectivity index (χ1) is 12.7. The molecule has 0 radical (unpaired) electrons. The molecule has 0 bridgehead atoms. The van der Waals surface area contributed by atoms with Crippen molar-refractivity contribution in [1.29, 1.82) is 0 Å². The Labute approximate surface area is 155 Å². The van der Waals surface area contributed by atoms with Crippen LogP contribution in [-0.2, 0) is 4.79 Å². The second kappa shape index (κ2) is 8.61. The first-order valence-corrected chi connectivity index (χ1v) is 9.23. The third-order valence-electron chi connectivity index (χ3n) is 4.71. The second-order valence-electron chi connectivity index (χ2n) is 6.52. The number of carbonyl (C=O) groups is 1. The predicted molar refractivity (Wildman–Crippen MR) is 107 cm³/mol. The summed E-state index contributed by atoms with van der Waals surface area (Å²) in [5.74, 6) is 0.965. The highest BCUT2D eigenvalue weighted by Crippen LogP contribution is 2.23. The number of nitrogens with one attached hydrogen (secondary N) is 1. The number of piperazine rings is 1. The smallest absolute Gasteiger partial charge is 0.224 e. The van der Waals surface area contributed by atoms with Crippen molar-refractivity contribution < 1.29 is 9.53 Å². The largest absolute Gasteiger partial charge is 0.497 e. The standard InChI is InChI=1S/C21H27N3O2/c1-3-4-21(25)22-17-5-7-18(8-6-17)23-13-15-24(16-14-23)19-9-11-20(26-2)12-10-19/h5-12H,3-4,13-16H2,1-2H3,(H,22,25). The molecule has 1 N–H and O–H groups in total. The van der Waals surface area contributed by atoms with Gasteiger partial charge in [0.25, 0.3) is 0 Å². The summed E-state index contributed by atoms with van der Waals surface area (Å²) >= 11 is 0. The van der Waals surface area contributed by atoms with Crippen molar-refractivity contribution in [3.63, 3.8) is 0 Å². The van der Waals surface area contributed by atoms with Crippen molar-refractivity contribution in [2.24, 2.45) is 0 Å². The van der Waals surface area contributed by atoms with E-state index in [9.17, 15) is 4.79 Å². The molecule has 1 aliphatic rings. The maximum Gasteiger partial charge on any atom is 0.224 e. The number of carbonyl (C=O) groups excluding carboxylic acids is 1. The number of benzene rings is 2. The van der Waals surface area contributed by atoms with Crippen molar-refractivity contribution >= 4 is 23.0 Å². The van der Waals surface area contributed by atoms with Gasteiger partial charge in [0.1, 0.15) is 5.75 Å². The molecule has 0 atom stereocenters. The minimum Gasteiger partial charge on any atom is -0.497 e. The molecule has 5 heteroatoms. The van der Waals surface area contributed by atoms with Gasteiger partial charge in [0, 0.05) is 49.7 Å². The van der Waals surface area contributed by atoms with E-state index in [0.717, 1.165) is 44.0 Å². The van der Waals surface area contributed by atoms with Crippen molar-refractivity contribution in [2.75, 3.05) is 48.4 Å². The lowest BCUT2D eigenvalue weighted by atomic mass is 10.2. The van der Waals surface area contributed by atoms with Gasteiger partial charge < -0.3 is 19.9 Å². The lowest BCUT2D eigenvalue weighted by Gasteiger charge is -2.37. The Morgan fingerprint density at radius 1 is 0.923 bits per heavy atom. The number of anilines is 3. The topological polar surface area (TPSA) is 44.8 Å². The van der Waals surface area contributed by atoms with Crippen LogP contribution in [-0.4, -0.2) is 39.2 Å². The molecule has 3 rings (SSSR count). The minimum absolute atomic E-state index is 0.0772. The Morgan fingerprint density at radius 3 is 1.88 bits per heavy atom. The van der Waals surface area contributed by atoms with Crippen LogP contribution in [0.15, 0.2) is 48.5 Å². The quantitative estimate of drug-likeness (QED) is 0.859. The van der Waals surface area contributed by atoms with Gasteiger partial charge >= 0.3 is 0 Å². The predicted octanol–water partition coefficient (Wildman–Crippen LogP) is 3.76. The second-order valence-corrected chi connectivity index (χ2v) is 6.52. The molecule has 1 amide bonds. The Hall–Kier alpha value is -2.69. The third kappa shape index (κ3) is 4.48. The van der Waals surface area contributed by atoms with E-state index in [-0.39, 0.29) is 5.91 Å². The van der Waals surface area contributed by atoms with Crippen molar-refractivity contribution in [3.05, 3.63) is 48.5 Å². The summed E-state index contributed by atoms with van der Waals surface area (Å²) < 4.78 is 5.23. The van der Waals surface area contributed by atoms with Gasteiger partial charge in [-0.1, -0.05) is 6.92 Å². The van der Waals surface area contributed by atoms with Crippen LogP contribution >= 0.6 is 0 Å². The molecule has 138 valence electrons. The van der Waals surface area contributed by atoms with Gasteiger partial charge in [-0.25, -0.2) is 0 Å². The normalized spacial score (nSPS) is 14.2. The summed E-state index contributed by atoms with van der Waals surface area (Å²) in [6.07, 6.45) is 1.43. The summed E-state index contributed by atoms with van der Waals surface area (Å²) in [5, 5.41) is 2.93. The lowest BCUT2D eigenvalue weighted by molar-refractivity contribution is -0.116. The number of nitrogens with zero attached hydrogens (tertiary/aromatic N) is 2. The van der Waals surface area contributed by atoms with Crippen LogP contribution in [0.5, 0.6) is 5.75 Å². The first kappa shape index (κ1) is 18.1. The van der Waals surface area contributed by atoms with E-state index < -0.39 is 0 Å². The molecular formula is C21H27N3O2. The molecular weight excluding hydrogens is 326 g/mol. The molecule has 0 spiro atoms. The molecule has 2 aromatic rings. The fraction of sp³-hybridized carbons (Fsp3) is 0.381. The fourth-order valence-corrected chi connectivity index (χ4v) is 3.22. The summed E-state index contributed by atoms with van der Waals surface area (Å²) in [7, 11) is 1.69. The van der Waals surface area contributed by atoms with Gasteiger partial charge in [-0.15, -0.1) is 0 Å². The minimum atomic E-state index is 0.0772. The van der Waals surface area contributed by atoms with Crippen molar-refractivity contribution in [2.45, 2.75) is 19.8 Å². The number of ether oxygens (including phenoxy) is 1. The zero-order chi connectivity index (χ0) is 18.4. The lowest BCUT2D eigenvalue weighted by Crippen LogP contribution is -2.46. The highest BCUT2D eigenvalue weighted by Gasteiger charge is 2.17. The van der Waals surface area contributed by atoms with Gasteiger partial charge in [0.15, 0.2) is 0 Å². The van der Waals surface area contributed by atoms with Crippen LogP contribution in [0.3, 0.4) is 0 Å². The molecule has 1 aliphatic heterocycles.